The van der Waals surface area contributed by atoms with E-state index in [9.17, 15) is 13.2 Å². The largest absolute Gasteiger partial charge is 0.487 e. The topological polar surface area (TPSA) is 157 Å². The lowest BCUT2D eigenvalue weighted by atomic mass is 9.94. The Labute approximate surface area is 183 Å². The van der Waals surface area contributed by atoms with Crippen LogP contribution >= 0.6 is 12.4 Å². The Morgan fingerprint density at radius 1 is 1.27 bits per heavy atom. The van der Waals surface area contributed by atoms with E-state index in [1.165, 1.54) is 0 Å². The minimum atomic E-state index is -3.95. The number of guanidine groups is 1. The van der Waals surface area contributed by atoms with E-state index in [0.29, 0.717) is 24.0 Å². The summed E-state index contributed by atoms with van der Waals surface area (Å²) < 4.78 is 34.4. The van der Waals surface area contributed by atoms with Crippen molar-refractivity contribution in [2.75, 3.05) is 6.54 Å². The molecule has 1 heterocycles. The molecule has 0 bridgehead atoms. The van der Waals surface area contributed by atoms with Crippen molar-refractivity contribution in [3.8, 4) is 5.75 Å². The number of nitrogens with one attached hydrogen (secondary N) is 1. The number of fused-ring (bicyclic) bond motifs is 1. The summed E-state index contributed by atoms with van der Waals surface area (Å²) in [7, 11) is -3.95. The van der Waals surface area contributed by atoms with Crippen LogP contribution in [0.1, 0.15) is 48.9 Å². The Morgan fingerprint density at radius 2 is 1.87 bits per heavy atom. The molecule has 0 fully saturated rings. The monoisotopic (exact) mass is 462 g/mol. The van der Waals surface area contributed by atoms with Gasteiger partial charge in [0.1, 0.15) is 17.4 Å². The molecular weight excluding hydrogens is 432 g/mol. The molecule has 9 nitrogen and oxygen atoms in total. The average Bonchev–Trinajstić information content (AvgIpc) is 2.92. The number of carbonyl (C=O) groups is 1. The molecule has 2 rings (SSSR count). The number of nitrogens with two attached hydrogens (primary N) is 2. The molecule has 11 heteroatoms. The number of hydrogen-bond donors (Lipinski definition) is 4. The molecular formula is C19H31ClN4O5S. The molecule has 30 heavy (non-hydrogen) atoms. The predicted octanol–water partition coefficient (Wildman–Crippen LogP) is 1.53. The number of halogens is 1. The Kier molecular flexibility index (Phi) is 8.15. The van der Waals surface area contributed by atoms with Gasteiger partial charge in [-0.1, -0.05) is 0 Å². The average molecular weight is 463 g/mol. The van der Waals surface area contributed by atoms with Crippen molar-refractivity contribution in [2.24, 2.45) is 16.5 Å². The number of aliphatic carboxylic acids is 1. The molecule has 0 saturated heterocycles. The molecule has 0 aromatic heterocycles. The summed E-state index contributed by atoms with van der Waals surface area (Å²) in [5.74, 6) is -0.587. The van der Waals surface area contributed by atoms with Crippen LogP contribution in [0.3, 0.4) is 0 Å². The van der Waals surface area contributed by atoms with Gasteiger partial charge in [0.25, 0.3) is 10.0 Å². The predicted molar refractivity (Wildman–Crippen MR) is 118 cm³/mol. The van der Waals surface area contributed by atoms with Crippen molar-refractivity contribution in [1.29, 1.82) is 0 Å². The number of ether oxygens (including phenoxy) is 1. The van der Waals surface area contributed by atoms with Gasteiger partial charge in [0.15, 0.2) is 0 Å². The van der Waals surface area contributed by atoms with Gasteiger partial charge < -0.3 is 21.3 Å². The van der Waals surface area contributed by atoms with Crippen LogP contribution in [-0.2, 0) is 21.2 Å². The molecule has 0 aliphatic carbocycles. The summed E-state index contributed by atoms with van der Waals surface area (Å²) in [6.07, 6.45) is 1.21. The first kappa shape index (κ1) is 26.0. The van der Waals surface area contributed by atoms with Crippen molar-refractivity contribution >= 4 is 34.4 Å². The van der Waals surface area contributed by atoms with E-state index in [1.807, 2.05) is 20.8 Å². The van der Waals surface area contributed by atoms with Crippen LogP contribution in [0.4, 0.5) is 0 Å². The van der Waals surface area contributed by atoms with E-state index in [2.05, 4.69) is 9.71 Å². The molecule has 0 radical (unpaired) electrons. The summed E-state index contributed by atoms with van der Waals surface area (Å²) >= 11 is 0. The molecule has 1 aliphatic heterocycles. The quantitative estimate of drug-likeness (QED) is 0.272. The number of rotatable bonds is 7. The third-order valence-corrected chi connectivity index (χ3v) is 6.70. The lowest BCUT2D eigenvalue weighted by Crippen LogP contribution is -2.38. The number of benzene rings is 1. The maximum atomic E-state index is 13.0. The first-order valence-electron chi connectivity index (χ1n) is 9.39. The highest BCUT2D eigenvalue weighted by atomic mass is 35.5. The van der Waals surface area contributed by atoms with Gasteiger partial charge in [-0.15, -0.1) is 12.4 Å². The maximum Gasteiger partial charge on any atom is 0.320 e. The smallest absolute Gasteiger partial charge is 0.320 e. The molecule has 0 saturated carbocycles. The molecule has 1 atom stereocenters. The van der Waals surface area contributed by atoms with Crippen LogP contribution in [-0.4, -0.2) is 43.6 Å². The molecule has 1 unspecified atom stereocenters. The van der Waals surface area contributed by atoms with E-state index in [4.69, 9.17) is 21.3 Å². The van der Waals surface area contributed by atoms with Gasteiger partial charge in [-0.25, -0.2) is 13.1 Å². The Hall–Kier alpha value is -2.04. The van der Waals surface area contributed by atoms with Crippen LogP contribution in [0.15, 0.2) is 9.89 Å². The lowest BCUT2D eigenvalue weighted by molar-refractivity contribution is -0.138. The zero-order chi connectivity index (χ0) is 22.1. The molecule has 170 valence electrons. The molecule has 1 aliphatic rings. The molecule has 6 N–H and O–H groups in total. The second-order valence-electron chi connectivity index (χ2n) is 8.01. The summed E-state index contributed by atoms with van der Waals surface area (Å²) in [6, 6.07) is -0.978. The van der Waals surface area contributed by atoms with Crippen molar-refractivity contribution < 1.29 is 23.1 Å². The Balaban J connectivity index is 0.00000450. The molecule has 0 amide bonds. The van der Waals surface area contributed by atoms with Crippen LogP contribution < -0.4 is 20.9 Å². The van der Waals surface area contributed by atoms with Gasteiger partial charge in [0.05, 0.1) is 4.90 Å². The first-order valence-corrected chi connectivity index (χ1v) is 10.9. The molecule has 1 aromatic carbocycles. The highest BCUT2D eigenvalue weighted by Crippen LogP contribution is 2.43. The van der Waals surface area contributed by atoms with E-state index >= 15 is 0 Å². The van der Waals surface area contributed by atoms with E-state index in [-0.39, 0.29) is 36.2 Å². The summed E-state index contributed by atoms with van der Waals surface area (Å²) in [5, 5.41) is 8.76. The van der Waals surface area contributed by atoms with Gasteiger partial charge in [-0.05, 0) is 64.2 Å². The SMILES string of the molecule is Cc1c(C)c(S(=O)(=O)NC(N)=NCCCC(N)C(=O)O)c(C)c2c1OC(C)(C)C2.Cl. The van der Waals surface area contributed by atoms with Crippen LogP contribution in [0, 0.1) is 20.8 Å². The second-order valence-corrected chi connectivity index (χ2v) is 9.63. The second kappa shape index (κ2) is 9.40. The van der Waals surface area contributed by atoms with Gasteiger partial charge >= 0.3 is 5.97 Å². The number of carboxylic acid groups (broad SMARTS) is 1. The van der Waals surface area contributed by atoms with Crippen LogP contribution in [0.25, 0.3) is 0 Å². The minimum absolute atomic E-state index is 0. The fourth-order valence-electron chi connectivity index (χ4n) is 3.50. The van der Waals surface area contributed by atoms with Crippen LogP contribution in [0.5, 0.6) is 5.75 Å². The fraction of sp³-hybridized carbons (Fsp3) is 0.579. The number of sulfonamides is 1. The lowest BCUT2D eigenvalue weighted by Gasteiger charge is -2.19. The third-order valence-electron chi connectivity index (χ3n) is 5.07. The van der Waals surface area contributed by atoms with Crippen molar-refractivity contribution in [3.63, 3.8) is 0 Å². The van der Waals surface area contributed by atoms with Gasteiger partial charge in [0, 0.05) is 18.5 Å². The number of nitrogens with zero attached hydrogens (tertiary/aromatic N) is 1. The fourth-order valence-corrected chi connectivity index (χ4v) is 5.03. The number of aliphatic imine (C=N–C) groups is 1. The van der Waals surface area contributed by atoms with E-state index < -0.39 is 27.6 Å². The summed E-state index contributed by atoms with van der Waals surface area (Å²) in [6.45, 7) is 9.45. The van der Waals surface area contributed by atoms with Crippen molar-refractivity contribution in [2.45, 2.75) is 70.4 Å². The highest BCUT2D eigenvalue weighted by Gasteiger charge is 2.36. The van der Waals surface area contributed by atoms with Gasteiger partial charge in [-0.3, -0.25) is 9.79 Å². The number of carboxylic acids is 1. The van der Waals surface area contributed by atoms with Crippen molar-refractivity contribution in [1.82, 2.24) is 4.72 Å². The summed E-state index contributed by atoms with van der Waals surface area (Å²) in [5.41, 5.74) is 13.7. The normalized spacial score (nSPS) is 16.3. The zero-order valence-electron chi connectivity index (χ0n) is 17.9. The van der Waals surface area contributed by atoms with Crippen molar-refractivity contribution in [3.05, 3.63) is 22.3 Å². The van der Waals surface area contributed by atoms with E-state index in [0.717, 1.165) is 16.9 Å². The van der Waals surface area contributed by atoms with Gasteiger partial charge in [0.2, 0.25) is 5.96 Å². The van der Waals surface area contributed by atoms with Gasteiger partial charge in [-0.2, -0.15) is 0 Å². The summed E-state index contributed by atoms with van der Waals surface area (Å²) in [4.78, 5) is 14.9. The standard InChI is InChI=1S/C19H30N4O5S.ClH/c1-10-11(2)16(12(3)13-9-19(4,5)28-15(10)13)29(26,27)23-18(21)22-8-6-7-14(20)17(24)25;/h14H,6-9,20H2,1-5H3,(H,24,25)(H3,21,22,23);1H. The Morgan fingerprint density at radius 3 is 2.43 bits per heavy atom. The highest BCUT2D eigenvalue weighted by molar-refractivity contribution is 7.90. The molecule has 1 aromatic rings. The third kappa shape index (κ3) is 5.55. The Bertz CT molecular complexity index is 960. The van der Waals surface area contributed by atoms with Crippen LogP contribution in [0.2, 0.25) is 0 Å². The zero-order valence-corrected chi connectivity index (χ0v) is 19.5. The first-order chi connectivity index (χ1) is 13.3. The minimum Gasteiger partial charge on any atom is -0.487 e. The number of hydrogen-bond acceptors (Lipinski definition) is 6. The van der Waals surface area contributed by atoms with E-state index in [1.54, 1.807) is 13.8 Å². The molecule has 0 spiro atoms. The maximum absolute atomic E-state index is 13.0.